The van der Waals surface area contributed by atoms with E-state index in [-0.39, 0.29) is 0 Å². The lowest BCUT2D eigenvalue weighted by Crippen LogP contribution is -1.99. The van der Waals surface area contributed by atoms with Gasteiger partial charge in [0.15, 0.2) is 11.5 Å². The predicted molar refractivity (Wildman–Crippen MR) is 83.5 cm³/mol. The van der Waals surface area contributed by atoms with Crippen LogP contribution in [0.2, 0.25) is 0 Å². The Hall–Kier alpha value is -2.28. The second-order valence-corrected chi connectivity index (χ2v) is 5.11. The molecule has 0 aliphatic rings. The molecule has 2 aromatic heterocycles. The van der Waals surface area contributed by atoms with E-state index < -0.39 is 0 Å². The minimum atomic E-state index is 0.643. The normalized spacial score (nSPS) is 10.6. The third kappa shape index (κ3) is 2.78. The van der Waals surface area contributed by atoms with Crippen molar-refractivity contribution in [3.63, 3.8) is 0 Å². The zero-order valence-electron chi connectivity index (χ0n) is 11.5. The van der Waals surface area contributed by atoms with E-state index in [0.29, 0.717) is 21.9 Å². The van der Waals surface area contributed by atoms with Crippen LogP contribution in [0.5, 0.6) is 11.5 Å². The fourth-order valence-electron chi connectivity index (χ4n) is 2.00. The van der Waals surface area contributed by atoms with Crippen molar-refractivity contribution in [3.8, 4) is 11.5 Å². The first-order chi connectivity index (χ1) is 10.2. The van der Waals surface area contributed by atoms with Gasteiger partial charge in [-0.3, -0.25) is 0 Å². The summed E-state index contributed by atoms with van der Waals surface area (Å²) in [5.74, 6) is 2.04. The summed E-state index contributed by atoms with van der Waals surface area (Å²) in [6.07, 6.45) is 5.43. The number of hydrogen-bond acceptors (Lipinski definition) is 5. The molecule has 2 heterocycles. The van der Waals surface area contributed by atoms with Crippen LogP contribution in [-0.2, 0) is 0 Å². The van der Waals surface area contributed by atoms with Gasteiger partial charge in [0, 0.05) is 42.5 Å². The molecule has 0 spiro atoms. The highest BCUT2D eigenvalue weighted by Gasteiger charge is 2.08. The van der Waals surface area contributed by atoms with Crippen molar-refractivity contribution in [2.24, 2.45) is 0 Å². The number of aromatic nitrogens is 3. The summed E-state index contributed by atoms with van der Waals surface area (Å²) in [7, 11) is 3.23. The first-order valence-electron chi connectivity index (χ1n) is 6.19. The van der Waals surface area contributed by atoms with Crippen LogP contribution >= 0.6 is 15.9 Å². The van der Waals surface area contributed by atoms with E-state index in [4.69, 9.17) is 9.47 Å². The fraction of sp³-hybridized carbons (Fsp3) is 0.143. The molecule has 0 amide bonds. The summed E-state index contributed by atoms with van der Waals surface area (Å²) < 4.78 is 13.1. The van der Waals surface area contributed by atoms with Crippen LogP contribution in [0.1, 0.15) is 0 Å². The Balaban J connectivity index is 2.03. The van der Waals surface area contributed by atoms with Gasteiger partial charge in [0.1, 0.15) is 16.1 Å². The number of benzene rings is 1. The Morgan fingerprint density at radius 1 is 1.14 bits per heavy atom. The highest BCUT2D eigenvalue weighted by molar-refractivity contribution is 9.10. The summed E-state index contributed by atoms with van der Waals surface area (Å²) in [6.45, 7) is 0. The predicted octanol–water partition coefficient (Wildman–Crippen LogP) is 3.25. The largest absolute Gasteiger partial charge is 0.497 e. The first-order valence-corrected chi connectivity index (χ1v) is 6.98. The molecule has 7 heteroatoms. The van der Waals surface area contributed by atoms with Crippen molar-refractivity contribution in [1.82, 2.24) is 14.4 Å². The first kappa shape index (κ1) is 13.7. The average Bonchev–Trinajstić information content (AvgIpc) is 2.95. The number of ether oxygens (including phenoxy) is 2. The molecule has 3 rings (SSSR count). The highest BCUT2D eigenvalue weighted by atomic mass is 79.9. The van der Waals surface area contributed by atoms with Gasteiger partial charge in [-0.1, -0.05) is 0 Å². The van der Waals surface area contributed by atoms with Crippen molar-refractivity contribution in [2.45, 2.75) is 0 Å². The minimum Gasteiger partial charge on any atom is -0.497 e. The van der Waals surface area contributed by atoms with Gasteiger partial charge in [-0.2, -0.15) is 0 Å². The number of halogens is 1. The standard InChI is InChI=1S/C14H13BrN4O2/c1-20-10-5-9(6-11(7-10)21-2)17-13-14-16-3-4-19(14)8-12(15)18-13/h3-8H,1-2H3,(H,17,18). The quantitative estimate of drug-likeness (QED) is 0.784. The van der Waals surface area contributed by atoms with E-state index in [2.05, 4.69) is 31.2 Å². The summed E-state index contributed by atoms with van der Waals surface area (Å²) >= 11 is 3.39. The molecule has 0 radical (unpaired) electrons. The molecule has 108 valence electrons. The molecule has 0 saturated carbocycles. The van der Waals surface area contributed by atoms with Gasteiger partial charge in [0.25, 0.3) is 0 Å². The van der Waals surface area contributed by atoms with E-state index in [1.165, 1.54) is 0 Å². The molecule has 0 bridgehead atoms. The number of rotatable bonds is 4. The maximum absolute atomic E-state index is 5.26. The molecule has 3 aromatic rings. The van der Waals surface area contributed by atoms with E-state index in [1.54, 1.807) is 20.4 Å². The van der Waals surface area contributed by atoms with E-state index in [0.717, 1.165) is 11.3 Å². The second kappa shape index (κ2) is 5.61. The van der Waals surface area contributed by atoms with Crippen molar-refractivity contribution in [2.75, 3.05) is 19.5 Å². The van der Waals surface area contributed by atoms with Gasteiger partial charge >= 0.3 is 0 Å². The zero-order chi connectivity index (χ0) is 14.8. The molecule has 1 aromatic carbocycles. The van der Waals surface area contributed by atoms with E-state index in [1.807, 2.05) is 35.0 Å². The molecule has 0 atom stereocenters. The number of nitrogens with zero attached hydrogens (tertiary/aromatic N) is 3. The third-order valence-electron chi connectivity index (χ3n) is 2.96. The van der Waals surface area contributed by atoms with Crippen LogP contribution in [0.25, 0.3) is 5.65 Å². The van der Waals surface area contributed by atoms with Crippen LogP contribution in [0.4, 0.5) is 11.5 Å². The lowest BCUT2D eigenvalue weighted by atomic mass is 10.2. The third-order valence-corrected chi connectivity index (χ3v) is 3.34. The summed E-state index contributed by atoms with van der Waals surface area (Å²) in [6, 6.07) is 5.54. The Morgan fingerprint density at radius 3 is 2.52 bits per heavy atom. The van der Waals surface area contributed by atoms with Crippen molar-refractivity contribution >= 4 is 33.1 Å². The van der Waals surface area contributed by atoms with Crippen molar-refractivity contribution < 1.29 is 9.47 Å². The summed E-state index contributed by atoms with van der Waals surface area (Å²) in [5, 5.41) is 3.24. The number of imidazole rings is 1. The van der Waals surface area contributed by atoms with Crippen LogP contribution in [0.15, 0.2) is 41.4 Å². The Bertz CT molecular complexity index is 765. The molecule has 1 N–H and O–H groups in total. The molecule has 0 unspecified atom stereocenters. The summed E-state index contributed by atoms with van der Waals surface area (Å²) in [5.41, 5.74) is 1.54. The molecular weight excluding hydrogens is 336 g/mol. The van der Waals surface area contributed by atoms with Gasteiger partial charge in [0.2, 0.25) is 0 Å². The Labute approximate surface area is 129 Å². The Morgan fingerprint density at radius 2 is 1.86 bits per heavy atom. The Kier molecular flexibility index (Phi) is 3.66. The molecular formula is C14H13BrN4O2. The molecule has 0 saturated heterocycles. The maximum Gasteiger partial charge on any atom is 0.180 e. The number of methoxy groups -OCH3 is 2. The molecule has 6 nitrogen and oxygen atoms in total. The minimum absolute atomic E-state index is 0.643. The highest BCUT2D eigenvalue weighted by Crippen LogP contribution is 2.29. The molecule has 0 fully saturated rings. The van der Waals surface area contributed by atoms with Gasteiger partial charge in [0.05, 0.1) is 14.2 Å². The number of anilines is 2. The number of hydrogen-bond donors (Lipinski definition) is 1. The summed E-state index contributed by atoms with van der Waals surface area (Å²) in [4.78, 5) is 8.72. The van der Waals surface area contributed by atoms with Gasteiger partial charge < -0.3 is 19.2 Å². The lowest BCUT2D eigenvalue weighted by molar-refractivity contribution is 0.395. The van der Waals surface area contributed by atoms with Gasteiger partial charge in [-0.05, 0) is 15.9 Å². The topological polar surface area (TPSA) is 60.7 Å². The van der Waals surface area contributed by atoms with E-state index in [9.17, 15) is 0 Å². The van der Waals surface area contributed by atoms with Crippen molar-refractivity contribution in [1.29, 1.82) is 0 Å². The number of fused-ring (bicyclic) bond motifs is 1. The fourth-order valence-corrected chi connectivity index (χ4v) is 2.40. The van der Waals surface area contributed by atoms with Gasteiger partial charge in [-0.15, -0.1) is 0 Å². The van der Waals surface area contributed by atoms with Crippen LogP contribution in [0.3, 0.4) is 0 Å². The van der Waals surface area contributed by atoms with Gasteiger partial charge in [-0.25, -0.2) is 9.97 Å². The van der Waals surface area contributed by atoms with Crippen LogP contribution in [-0.4, -0.2) is 28.6 Å². The monoisotopic (exact) mass is 348 g/mol. The number of nitrogens with one attached hydrogen (secondary N) is 1. The van der Waals surface area contributed by atoms with Crippen LogP contribution in [0, 0.1) is 0 Å². The lowest BCUT2D eigenvalue weighted by Gasteiger charge is -2.11. The smallest absolute Gasteiger partial charge is 0.180 e. The second-order valence-electron chi connectivity index (χ2n) is 4.30. The van der Waals surface area contributed by atoms with Crippen LogP contribution < -0.4 is 14.8 Å². The molecule has 0 aliphatic heterocycles. The zero-order valence-corrected chi connectivity index (χ0v) is 13.1. The van der Waals surface area contributed by atoms with Crippen molar-refractivity contribution in [3.05, 3.63) is 41.4 Å². The molecule has 21 heavy (non-hydrogen) atoms. The molecule has 0 aliphatic carbocycles. The maximum atomic E-state index is 5.26. The average molecular weight is 349 g/mol. The van der Waals surface area contributed by atoms with E-state index >= 15 is 0 Å². The SMILES string of the molecule is COc1cc(Nc2nc(Br)cn3ccnc23)cc(OC)c1.